The highest BCUT2D eigenvalue weighted by Gasteiger charge is 2.62. The summed E-state index contributed by atoms with van der Waals surface area (Å²) in [5.74, 6) is -0.473. The van der Waals surface area contributed by atoms with Gasteiger partial charge in [-0.25, -0.2) is 9.07 Å². The number of nitrogens with zero attached hydrogens (tertiary/aromatic N) is 5. The fourth-order valence-corrected chi connectivity index (χ4v) is 4.80. The number of halogens is 5. The number of hydrogen-bond donors (Lipinski definition) is 2. The molecule has 200 valence electrons. The van der Waals surface area contributed by atoms with Gasteiger partial charge in [0, 0.05) is 23.8 Å². The van der Waals surface area contributed by atoms with Crippen LogP contribution in [0.2, 0.25) is 5.02 Å². The van der Waals surface area contributed by atoms with Crippen LogP contribution in [0.3, 0.4) is 0 Å². The Morgan fingerprint density at radius 3 is 2.62 bits per heavy atom. The molecule has 2 heterocycles. The van der Waals surface area contributed by atoms with Gasteiger partial charge in [0.2, 0.25) is 0 Å². The van der Waals surface area contributed by atoms with Crippen LogP contribution in [0.15, 0.2) is 48.8 Å². The molecule has 1 atom stereocenters. The number of fused-ring (bicyclic) bond motifs is 1. The zero-order valence-electron chi connectivity index (χ0n) is 21.4. The van der Waals surface area contributed by atoms with Crippen molar-refractivity contribution in [1.82, 2.24) is 20.0 Å². The van der Waals surface area contributed by atoms with Crippen molar-refractivity contribution in [3.8, 4) is 6.07 Å². The third-order valence-electron chi connectivity index (χ3n) is 7.19. The highest BCUT2D eigenvalue weighted by Crippen LogP contribution is 2.57. The number of aromatic nitrogens is 4. The molecule has 12 heteroatoms. The van der Waals surface area contributed by atoms with Crippen molar-refractivity contribution >= 4 is 33.9 Å². The number of nitrogens with one attached hydrogen (secondary N) is 2. The van der Waals surface area contributed by atoms with E-state index in [2.05, 4.69) is 25.9 Å². The maximum atomic E-state index is 13.8. The summed E-state index contributed by atoms with van der Waals surface area (Å²) in [4.78, 5) is 4.26. The second-order valence-electron chi connectivity index (χ2n) is 9.97. The molecule has 6 rings (SSSR count). The first kappa shape index (κ1) is 24.2. The first-order valence-electron chi connectivity index (χ1n) is 12.8. The minimum absolute atomic E-state index is 0.00252. The van der Waals surface area contributed by atoms with Crippen LogP contribution < -0.4 is 10.6 Å². The van der Waals surface area contributed by atoms with Gasteiger partial charge in [-0.3, -0.25) is 4.98 Å². The predicted octanol–water partition coefficient (Wildman–Crippen LogP) is 6.78. The van der Waals surface area contributed by atoms with Crippen molar-refractivity contribution in [3.63, 3.8) is 0 Å². The molecule has 0 radical (unpaired) electrons. The fraction of sp³-hybridized carbons (Fsp3) is 0.333. The lowest BCUT2D eigenvalue weighted by molar-refractivity contribution is -0.182. The van der Waals surface area contributed by atoms with E-state index in [0.29, 0.717) is 16.6 Å². The number of benzene rings is 2. The molecular weight excluding hydrogens is 534 g/mol. The van der Waals surface area contributed by atoms with Gasteiger partial charge in [0.1, 0.15) is 17.6 Å². The van der Waals surface area contributed by atoms with Gasteiger partial charge >= 0.3 is 6.18 Å². The zero-order chi connectivity index (χ0) is 28.3. The normalized spacial score (nSPS) is 18.2. The fourth-order valence-electron chi connectivity index (χ4n) is 4.53. The minimum atomic E-state index is -4.38. The van der Waals surface area contributed by atoms with Gasteiger partial charge in [0.25, 0.3) is 0 Å². The Balaban J connectivity index is 1.42. The van der Waals surface area contributed by atoms with Gasteiger partial charge in [-0.1, -0.05) is 28.9 Å². The molecule has 39 heavy (non-hydrogen) atoms. The first-order valence-corrected chi connectivity index (χ1v) is 12.7. The highest BCUT2D eigenvalue weighted by molar-refractivity contribution is 6.35. The van der Waals surface area contributed by atoms with Crippen molar-refractivity contribution in [3.05, 3.63) is 76.5 Å². The Hall–Kier alpha value is -3.91. The summed E-state index contributed by atoms with van der Waals surface area (Å²) in [6.45, 7) is -0.401. The molecule has 2 aliphatic carbocycles. The lowest BCUT2D eigenvalue weighted by Crippen LogP contribution is -2.31. The summed E-state index contributed by atoms with van der Waals surface area (Å²) >= 11 is 6.56. The average Bonchev–Trinajstić information content (AvgIpc) is 3.85. The Labute approximate surface area is 227 Å². The first-order chi connectivity index (χ1) is 19.0. The topological polar surface area (TPSA) is 91.5 Å². The number of nitriles is 1. The van der Waals surface area contributed by atoms with Crippen molar-refractivity contribution < 1.29 is 18.9 Å². The number of alkyl halides is 3. The molecule has 2 fully saturated rings. The summed E-state index contributed by atoms with van der Waals surface area (Å²) in [6.07, 6.45) is 0.469. The molecule has 0 spiro atoms. The maximum absolute atomic E-state index is 13.8. The monoisotopic (exact) mass is 556 g/mol. The summed E-state index contributed by atoms with van der Waals surface area (Å²) in [5.41, 5.74) is -0.396. The van der Waals surface area contributed by atoms with Gasteiger partial charge in [0.15, 0.2) is 0 Å². The third-order valence-corrected chi connectivity index (χ3v) is 7.48. The minimum Gasteiger partial charge on any atom is -0.382 e. The molecule has 4 aromatic rings. The maximum Gasteiger partial charge on any atom is 0.396 e. The van der Waals surface area contributed by atoms with E-state index in [4.69, 9.17) is 11.6 Å². The molecule has 7 nitrogen and oxygen atoms in total. The Kier molecular flexibility index (Phi) is 5.81. The molecular formula is C27H22ClF4N7. The molecule has 2 saturated carbocycles. The van der Waals surface area contributed by atoms with Crippen LogP contribution in [0.1, 0.15) is 55.9 Å². The van der Waals surface area contributed by atoms with Crippen LogP contribution in [0.25, 0.3) is 10.9 Å². The summed E-state index contributed by atoms with van der Waals surface area (Å²) in [7, 11) is 0. The van der Waals surface area contributed by atoms with E-state index in [1.807, 2.05) is 6.07 Å². The van der Waals surface area contributed by atoms with Crippen LogP contribution >= 0.6 is 11.6 Å². The molecule has 2 aromatic heterocycles. The molecule has 2 aliphatic rings. The van der Waals surface area contributed by atoms with Gasteiger partial charge in [-0.2, -0.15) is 18.4 Å². The molecule has 0 amide bonds. The van der Waals surface area contributed by atoms with E-state index in [-0.39, 0.29) is 46.4 Å². The van der Waals surface area contributed by atoms with Crippen LogP contribution in [0.4, 0.5) is 28.9 Å². The SMILES string of the molecule is [2H][C@](Nc1cc(Cl)c2ncc(C#N)c(NCC3(C(F)(F)F)CC3)c2c1)(c1ccc(F)cc1)c1cn(C2CC2)nn1. The van der Waals surface area contributed by atoms with Crippen molar-refractivity contribution in [2.75, 3.05) is 17.2 Å². The average molecular weight is 557 g/mol. The Morgan fingerprint density at radius 2 is 1.97 bits per heavy atom. The van der Waals surface area contributed by atoms with Gasteiger partial charge in [-0.15, -0.1) is 5.10 Å². The second kappa shape index (κ2) is 9.38. The van der Waals surface area contributed by atoms with E-state index in [1.165, 1.54) is 36.5 Å². The highest BCUT2D eigenvalue weighted by atomic mass is 35.5. The van der Waals surface area contributed by atoms with Gasteiger partial charge in [-0.05, 0) is 55.5 Å². The van der Waals surface area contributed by atoms with Crippen LogP contribution in [-0.4, -0.2) is 32.7 Å². The Bertz CT molecular complexity index is 1640. The van der Waals surface area contributed by atoms with Crippen LogP contribution in [0, 0.1) is 22.6 Å². The lowest BCUT2D eigenvalue weighted by Gasteiger charge is -2.22. The smallest absolute Gasteiger partial charge is 0.382 e. The molecule has 0 saturated heterocycles. The summed E-state index contributed by atoms with van der Waals surface area (Å²) in [5, 5.41) is 24.5. The molecule has 2 N–H and O–H groups in total. The second-order valence-corrected chi connectivity index (χ2v) is 10.4. The Morgan fingerprint density at radius 1 is 1.23 bits per heavy atom. The molecule has 0 unspecified atom stereocenters. The molecule has 0 bridgehead atoms. The largest absolute Gasteiger partial charge is 0.396 e. The van der Waals surface area contributed by atoms with Crippen LogP contribution in [0.5, 0.6) is 0 Å². The van der Waals surface area contributed by atoms with Gasteiger partial charge in [0.05, 0.1) is 46.8 Å². The van der Waals surface area contributed by atoms with Gasteiger partial charge < -0.3 is 10.6 Å². The van der Waals surface area contributed by atoms with E-state index in [9.17, 15) is 24.2 Å². The number of hydrogen-bond acceptors (Lipinski definition) is 6. The number of pyridine rings is 1. The lowest BCUT2D eigenvalue weighted by atomic mass is 10.0. The number of rotatable bonds is 8. The van der Waals surface area contributed by atoms with E-state index in [0.717, 1.165) is 12.8 Å². The van der Waals surface area contributed by atoms with E-state index >= 15 is 0 Å². The van der Waals surface area contributed by atoms with Crippen LogP contribution in [-0.2, 0) is 0 Å². The van der Waals surface area contributed by atoms with Crippen molar-refractivity contribution in [1.29, 1.82) is 5.26 Å². The molecule has 0 aliphatic heterocycles. The molecule has 2 aromatic carbocycles. The zero-order valence-corrected chi connectivity index (χ0v) is 21.1. The summed E-state index contributed by atoms with van der Waals surface area (Å²) in [6, 6.07) is 8.95. The summed E-state index contributed by atoms with van der Waals surface area (Å²) < 4.78 is 65.7. The van der Waals surface area contributed by atoms with Crippen molar-refractivity contribution in [2.45, 2.75) is 43.9 Å². The quantitative estimate of drug-likeness (QED) is 0.232. The standard InChI is InChI=1S/C27H22ClF4N7/c28-21-10-18(36-24(15-1-3-17(29)4-2-15)22-13-39(38-37-22)19-5-6-19)9-20-23(16(11-33)12-34-25(20)21)35-14-26(7-8-26)27(30,31)32/h1-4,9-10,12-13,19,24,36H,5-8,14H2,(H,34,35)/t24-/m0/s1/i24D. The van der Waals surface area contributed by atoms with Crippen molar-refractivity contribution in [2.24, 2.45) is 5.41 Å². The predicted molar refractivity (Wildman–Crippen MR) is 138 cm³/mol. The van der Waals surface area contributed by atoms with E-state index < -0.39 is 30.0 Å². The van der Waals surface area contributed by atoms with E-state index in [1.54, 1.807) is 16.9 Å². The third kappa shape index (κ3) is 4.85. The number of anilines is 2.